The maximum absolute atomic E-state index is 12.0. The molecule has 0 saturated carbocycles. The normalized spacial score (nSPS) is 9.07. The van der Waals surface area contributed by atoms with Crippen molar-refractivity contribution in [3.8, 4) is 0 Å². The van der Waals surface area contributed by atoms with Gasteiger partial charge in [0.05, 0.1) is 0 Å². The van der Waals surface area contributed by atoms with E-state index < -0.39 is 30.6 Å². The molecule has 0 heterocycles. The molecule has 14 heavy (non-hydrogen) atoms. The average molecular weight is 212 g/mol. The Balaban J connectivity index is 0.000000364. The van der Waals surface area contributed by atoms with Crippen LogP contribution >= 0.6 is 0 Å². The quantitative estimate of drug-likeness (QED) is 0.326. The highest BCUT2D eigenvalue weighted by Crippen LogP contribution is 2.11. The van der Waals surface area contributed by atoms with Crippen molar-refractivity contribution in [2.24, 2.45) is 0 Å². The molecule has 1 rings (SSSR count). The highest BCUT2D eigenvalue weighted by Gasteiger charge is 2.07. The summed E-state index contributed by atoms with van der Waals surface area (Å²) in [6, 6.07) is 0.315. The molecule has 0 aliphatic heterocycles. The lowest BCUT2D eigenvalue weighted by Gasteiger charge is -1.92. The first-order chi connectivity index (χ1) is 6.34. The van der Waals surface area contributed by atoms with Gasteiger partial charge < -0.3 is 15.1 Å². The van der Waals surface area contributed by atoms with Gasteiger partial charge in [-0.25, -0.2) is 17.6 Å². The molecule has 0 fully saturated rings. The van der Waals surface area contributed by atoms with E-state index in [1.54, 1.807) is 0 Å². The molecule has 3 nitrogen and oxygen atoms in total. The van der Waals surface area contributed by atoms with Crippen LogP contribution in [0.25, 0.3) is 0 Å². The van der Waals surface area contributed by atoms with Gasteiger partial charge in [-0.2, -0.15) is 0 Å². The summed E-state index contributed by atoms with van der Waals surface area (Å²) >= 11 is 0. The standard InChI is InChI=1S/C6H2F4.BH3O3/c7-3-1-4(8)6(10)2-5(3)9;2-1(3)4/h1-2H;2-4H. The largest absolute Gasteiger partial charge is 0.631 e. The number of halogens is 4. The lowest BCUT2D eigenvalue weighted by molar-refractivity contribution is 0.278. The van der Waals surface area contributed by atoms with Gasteiger partial charge in [-0.15, -0.1) is 0 Å². The van der Waals surface area contributed by atoms with Gasteiger partial charge >= 0.3 is 7.32 Å². The van der Waals surface area contributed by atoms with E-state index in [4.69, 9.17) is 15.1 Å². The van der Waals surface area contributed by atoms with Crippen LogP contribution in [0.2, 0.25) is 0 Å². The highest BCUT2D eigenvalue weighted by atomic mass is 19.2. The Hall–Kier alpha value is -1.12. The van der Waals surface area contributed by atoms with Crippen molar-refractivity contribution < 1.29 is 32.6 Å². The van der Waals surface area contributed by atoms with E-state index in [-0.39, 0.29) is 12.1 Å². The van der Waals surface area contributed by atoms with Crippen molar-refractivity contribution in [3.63, 3.8) is 0 Å². The summed E-state index contributed by atoms with van der Waals surface area (Å²) < 4.78 is 47.9. The monoisotopic (exact) mass is 212 g/mol. The van der Waals surface area contributed by atoms with Crippen molar-refractivity contribution in [2.75, 3.05) is 0 Å². The Morgan fingerprint density at radius 3 is 1.00 bits per heavy atom. The Morgan fingerprint density at radius 2 is 0.857 bits per heavy atom. The SMILES string of the molecule is Fc1cc(F)c(F)cc1F.OB(O)O. The van der Waals surface area contributed by atoms with Crippen molar-refractivity contribution in [1.29, 1.82) is 0 Å². The molecule has 0 saturated heterocycles. The smallest absolute Gasteiger partial charge is 0.402 e. The van der Waals surface area contributed by atoms with Crippen LogP contribution in [0.1, 0.15) is 0 Å². The second-order valence-corrected chi connectivity index (χ2v) is 2.03. The first kappa shape index (κ1) is 12.9. The minimum Gasteiger partial charge on any atom is -0.402 e. The highest BCUT2D eigenvalue weighted by molar-refractivity contribution is 6.30. The van der Waals surface area contributed by atoms with Crippen LogP contribution in [-0.2, 0) is 0 Å². The summed E-state index contributed by atoms with van der Waals surface area (Å²) in [5.74, 6) is -5.56. The van der Waals surface area contributed by atoms with Crippen molar-refractivity contribution in [3.05, 3.63) is 35.4 Å². The van der Waals surface area contributed by atoms with Gasteiger partial charge in [-0.3, -0.25) is 0 Å². The van der Waals surface area contributed by atoms with E-state index in [0.29, 0.717) is 0 Å². The van der Waals surface area contributed by atoms with Crippen molar-refractivity contribution in [2.45, 2.75) is 0 Å². The molecule has 3 N–H and O–H groups in total. The summed E-state index contributed by atoms with van der Waals surface area (Å²) in [4.78, 5) is 0. The Bertz CT molecular complexity index is 254. The van der Waals surface area contributed by atoms with Gasteiger partial charge in [0.1, 0.15) is 0 Å². The van der Waals surface area contributed by atoms with Crippen LogP contribution in [0.3, 0.4) is 0 Å². The fourth-order valence-electron chi connectivity index (χ4n) is 0.498. The molecule has 1 aromatic carbocycles. The lowest BCUT2D eigenvalue weighted by atomic mass is 10.3. The van der Waals surface area contributed by atoms with E-state index in [1.807, 2.05) is 0 Å². The molecule has 0 atom stereocenters. The third-order valence-corrected chi connectivity index (χ3v) is 0.963. The Labute approximate surface area is 76.4 Å². The molecule has 78 valence electrons. The summed E-state index contributed by atoms with van der Waals surface area (Å²) in [6.45, 7) is 0. The zero-order valence-corrected chi connectivity index (χ0v) is 6.59. The van der Waals surface area contributed by atoms with E-state index in [1.165, 1.54) is 0 Å². The fraction of sp³-hybridized carbons (Fsp3) is 0. The summed E-state index contributed by atoms with van der Waals surface area (Å²) in [6.07, 6.45) is 0. The Morgan fingerprint density at radius 1 is 0.714 bits per heavy atom. The molecule has 0 unspecified atom stereocenters. The second kappa shape index (κ2) is 5.58. The minimum atomic E-state index is -2.17. The van der Waals surface area contributed by atoms with Gasteiger partial charge in [-0.1, -0.05) is 0 Å². The maximum Gasteiger partial charge on any atom is 0.631 e. The van der Waals surface area contributed by atoms with Gasteiger partial charge in [0.2, 0.25) is 0 Å². The predicted molar refractivity (Wildman–Crippen MR) is 38.7 cm³/mol. The minimum absolute atomic E-state index is 0.157. The van der Waals surface area contributed by atoms with E-state index in [0.717, 1.165) is 0 Å². The third kappa shape index (κ3) is 4.80. The van der Waals surface area contributed by atoms with E-state index >= 15 is 0 Å². The predicted octanol–water partition coefficient (Wildman–Crippen LogP) is 0.191. The maximum atomic E-state index is 12.0. The molecular weight excluding hydrogens is 207 g/mol. The van der Waals surface area contributed by atoms with Crippen molar-refractivity contribution >= 4 is 7.32 Å². The number of hydrogen-bond donors (Lipinski definition) is 3. The topological polar surface area (TPSA) is 60.7 Å². The number of benzene rings is 1. The molecule has 0 bridgehead atoms. The molecule has 8 heteroatoms. The third-order valence-electron chi connectivity index (χ3n) is 0.963. The molecular formula is C6H5BF4O3. The molecule has 0 aliphatic carbocycles. The van der Waals surface area contributed by atoms with Crippen LogP contribution in [0, 0.1) is 23.3 Å². The second-order valence-electron chi connectivity index (χ2n) is 2.03. The number of hydrogen-bond acceptors (Lipinski definition) is 3. The first-order valence-electron chi connectivity index (χ1n) is 3.19. The molecule has 1 aromatic rings. The summed E-state index contributed by atoms with van der Waals surface area (Å²) in [5.41, 5.74) is 0. The van der Waals surface area contributed by atoms with Crippen LogP contribution in [0.5, 0.6) is 0 Å². The zero-order valence-electron chi connectivity index (χ0n) is 6.59. The van der Waals surface area contributed by atoms with Crippen LogP contribution in [0.4, 0.5) is 17.6 Å². The van der Waals surface area contributed by atoms with Gasteiger partial charge in [0.15, 0.2) is 23.3 Å². The molecule has 0 spiro atoms. The zero-order chi connectivity index (χ0) is 11.3. The van der Waals surface area contributed by atoms with Crippen molar-refractivity contribution in [1.82, 2.24) is 0 Å². The Kier molecular flexibility index (Phi) is 5.14. The van der Waals surface area contributed by atoms with Gasteiger partial charge in [-0.05, 0) is 0 Å². The fourth-order valence-corrected chi connectivity index (χ4v) is 0.498. The average Bonchev–Trinajstić information content (AvgIpc) is 2.00. The van der Waals surface area contributed by atoms with E-state index in [2.05, 4.69) is 0 Å². The first-order valence-corrected chi connectivity index (χ1v) is 3.19. The number of rotatable bonds is 0. The molecule has 0 aliphatic rings. The molecule has 0 amide bonds. The summed E-state index contributed by atoms with van der Waals surface area (Å²) in [5, 5.41) is 21.5. The van der Waals surface area contributed by atoms with Crippen LogP contribution < -0.4 is 0 Å². The molecule has 0 aromatic heterocycles. The van der Waals surface area contributed by atoms with Gasteiger partial charge in [0, 0.05) is 12.1 Å². The lowest BCUT2D eigenvalue weighted by Crippen LogP contribution is -2.07. The van der Waals surface area contributed by atoms with Crippen LogP contribution in [0.15, 0.2) is 12.1 Å². The van der Waals surface area contributed by atoms with Crippen LogP contribution in [-0.4, -0.2) is 22.4 Å². The van der Waals surface area contributed by atoms with Gasteiger partial charge in [0.25, 0.3) is 0 Å². The van der Waals surface area contributed by atoms with E-state index in [9.17, 15) is 17.6 Å². The summed E-state index contributed by atoms with van der Waals surface area (Å²) in [7, 11) is -2.17. The molecule has 0 radical (unpaired) electrons.